The van der Waals surface area contributed by atoms with Crippen LogP contribution in [-0.4, -0.2) is 12.5 Å². The molecule has 0 aromatic heterocycles. The van der Waals surface area contributed by atoms with E-state index in [1.54, 1.807) is 17.0 Å². The molecule has 3 nitrogen and oxygen atoms in total. The van der Waals surface area contributed by atoms with E-state index < -0.39 is 0 Å². The van der Waals surface area contributed by atoms with Gasteiger partial charge in [0.05, 0.1) is 17.8 Å². The van der Waals surface area contributed by atoms with Gasteiger partial charge in [0.15, 0.2) is 0 Å². The lowest BCUT2D eigenvalue weighted by Gasteiger charge is -2.16. The van der Waals surface area contributed by atoms with Crippen molar-refractivity contribution in [1.82, 2.24) is 0 Å². The number of carbonyl (C=O) groups is 1. The van der Waals surface area contributed by atoms with Crippen molar-refractivity contribution >= 4 is 28.9 Å². The van der Waals surface area contributed by atoms with E-state index in [0.717, 1.165) is 11.3 Å². The molecule has 1 amide bonds. The molecule has 74 valence electrons. The number of carbonyl (C=O) groups excluding carboxylic acids is 1. The fourth-order valence-electron chi connectivity index (χ4n) is 1.86. The van der Waals surface area contributed by atoms with Crippen LogP contribution in [0.4, 0.5) is 11.4 Å². The molecule has 1 aromatic rings. The summed E-state index contributed by atoms with van der Waals surface area (Å²) in [7, 11) is 0. The molecule has 0 spiro atoms. The Morgan fingerprint density at radius 3 is 2.93 bits per heavy atom. The number of likely N-dealkylation sites (N-methyl/N-ethyl adjacent to an activating group) is 1. The van der Waals surface area contributed by atoms with Gasteiger partial charge >= 0.3 is 0 Å². The van der Waals surface area contributed by atoms with Crippen molar-refractivity contribution in [2.75, 3.05) is 17.2 Å². The Morgan fingerprint density at radius 1 is 1.57 bits per heavy atom. The first-order chi connectivity index (χ1) is 6.63. The summed E-state index contributed by atoms with van der Waals surface area (Å²) < 4.78 is 0. The largest absolute Gasteiger partial charge is 0.397 e. The second-order valence-electron chi connectivity index (χ2n) is 3.32. The van der Waals surface area contributed by atoms with Gasteiger partial charge in [-0.2, -0.15) is 0 Å². The van der Waals surface area contributed by atoms with Crippen molar-refractivity contribution in [2.45, 2.75) is 13.3 Å². The molecule has 0 bridgehead atoms. The van der Waals surface area contributed by atoms with Gasteiger partial charge in [-0.25, -0.2) is 0 Å². The Morgan fingerprint density at radius 2 is 2.29 bits per heavy atom. The maximum Gasteiger partial charge on any atom is 0.231 e. The van der Waals surface area contributed by atoms with E-state index in [2.05, 4.69) is 0 Å². The number of hydrogen-bond acceptors (Lipinski definition) is 2. The molecule has 2 rings (SSSR count). The molecule has 0 fully saturated rings. The minimum absolute atomic E-state index is 0.0940. The normalized spacial score (nSPS) is 14.7. The fraction of sp³-hybridized carbons (Fsp3) is 0.300. The zero-order valence-electron chi connectivity index (χ0n) is 7.88. The van der Waals surface area contributed by atoms with E-state index >= 15 is 0 Å². The van der Waals surface area contributed by atoms with E-state index in [0.29, 0.717) is 23.7 Å². The standard InChI is InChI=1S/C10H11ClN2O/c1-2-13-9(14)4-6-3-7(11)5-8(12)10(6)13/h3,5H,2,4,12H2,1H3. The van der Waals surface area contributed by atoms with E-state index in [1.807, 2.05) is 6.92 Å². The summed E-state index contributed by atoms with van der Waals surface area (Å²) in [5, 5.41) is 0.590. The fourth-order valence-corrected chi connectivity index (χ4v) is 2.11. The molecule has 0 radical (unpaired) electrons. The Kier molecular flexibility index (Phi) is 2.11. The number of nitrogen functional groups attached to an aromatic ring is 1. The molecule has 1 aliphatic heterocycles. The zero-order chi connectivity index (χ0) is 10.3. The Labute approximate surface area is 87.4 Å². The first-order valence-electron chi connectivity index (χ1n) is 4.51. The smallest absolute Gasteiger partial charge is 0.231 e. The van der Waals surface area contributed by atoms with Crippen LogP contribution in [0.25, 0.3) is 0 Å². The lowest BCUT2D eigenvalue weighted by molar-refractivity contribution is -0.117. The number of nitrogens with two attached hydrogens (primary N) is 1. The van der Waals surface area contributed by atoms with Gasteiger partial charge < -0.3 is 10.6 Å². The van der Waals surface area contributed by atoms with Crippen LogP contribution in [0.5, 0.6) is 0 Å². The maximum absolute atomic E-state index is 11.6. The minimum atomic E-state index is 0.0940. The van der Waals surface area contributed by atoms with Crippen LogP contribution in [0.2, 0.25) is 5.02 Å². The van der Waals surface area contributed by atoms with Gasteiger partial charge in [0.2, 0.25) is 5.91 Å². The highest BCUT2D eigenvalue weighted by Crippen LogP contribution is 2.36. The number of nitrogens with zero attached hydrogens (tertiary/aromatic N) is 1. The predicted octanol–water partition coefficient (Wildman–Crippen LogP) is 1.83. The monoisotopic (exact) mass is 210 g/mol. The molecule has 14 heavy (non-hydrogen) atoms. The molecule has 0 aliphatic carbocycles. The van der Waals surface area contributed by atoms with Crippen molar-refractivity contribution in [3.8, 4) is 0 Å². The predicted molar refractivity (Wildman–Crippen MR) is 57.6 cm³/mol. The van der Waals surface area contributed by atoms with Crippen molar-refractivity contribution in [1.29, 1.82) is 0 Å². The topological polar surface area (TPSA) is 46.3 Å². The van der Waals surface area contributed by atoms with Crippen LogP contribution in [0, 0.1) is 0 Å². The molecule has 0 unspecified atom stereocenters. The molecule has 0 atom stereocenters. The van der Waals surface area contributed by atoms with E-state index in [-0.39, 0.29) is 5.91 Å². The summed E-state index contributed by atoms with van der Waals surface area (Å²) in [4.78, 5) is 13.2. The Hall–Kier alpha value is -1.22. The third-order valence-corrected chi connectivity index (χ3v) is 2.63. The molecule has 1 aliphatic rings. The second kappa shape index (κ2) is 3.17. The molecule has 0 saturated carbocycles. The van der Waals surface area contributed by atoms with Gasteiger partial charge in [0, 0.05) is 11.6 Å². The highest BCUT2D eigenvalue weighted by Gasteiger charge is 2.28. The summed E-state index contributed by atoms with van der Waals surface area (Å²) >= 11 is 5.86. The van der Waals surface area contributed by atoms with Gasteiger partial charge in [-0.1, -0.05) is 11.6 Å². The van der Waals surface area contributed by atoms with Gasteiger partial charge in [0.1, 0.15) is 0 Å². The number of halogens is 1. The highest BCUT2D eigenvalue weighted by molar-refractivity contribution is 6.31. The number of fused-ring (bicyclic) bond motifs is 1. The summed E-state index contributed by atoms with van der Waals surface area (Å²) in [5.74, 6) is 0.0940. The highest BCUT2D eigenvalue weighted by atomic mass is 35.5. The summed E-state index contributed by atoms with van der Waals surface area (Å²) in [6.07, 6.45) is 0.411. The average Bonchev–Trinajstić information content (AvgIpc) is 2.40. The molecule has 0 saturated heterocycles. The number of hydrogen-bond donors (Lipinski definition) is 1. The van der Waals surface area contributed by atoms with Crippen LogP contribution in [0.15, 0.2) is 12.1 Å². The van der Waals surface area contributed by atoms with Gasteiger partial charge in [-0.3, -0.25) is 4.79 Å². The summed E-state index contributed by atoms with van der Waals surface area (Å²) in [6, 6.07) is 3.49. The zero-order valence-corrected chi connectivity index (χ0v) is 8.64. The number of amides is 1. The van der Waals surface area contributed by atoms with Crippen molar-refractivity contribution in [3.05, 3.63) is 22.7 Å². The molecular formula is C10H11ClN2O. The molecule has 2 N–H and O–H groups in total. The van der Waals surface area contributed by atoms with Crippen molar-refractivity contribution in [3.63, 3.8) is 0 Å². The lowest BCUT2D eigenvalue weighted by atomic mass is 10.1. The number of benzene rings is 1. The van der Waals surface area contributed by atoms with Crippen molar-refractivity contribution < 1.29 is 4.79 Å². The van der Waals surface area contributed by atoms with Crippen LogP contribution < -0.4 is 10.6 Å². The third-order valence-electron chi connectivity index (χ3n) is 2.41. The van der Waals surface area contributed by atoms with Gasteiger partial charge in [0.25, 0.3) is 0 Å². The first-order valence-corrected chi connectivity index (χ1v) is 4.89. The van der Waals surface area contributed by atoms with Crippen molar-refractivity contribution in [2.24, 2.45) is 0 Å². The van der Waals surface area contributed by atoms with Crippen LogP contribution in [0.1, 0.15) is 12.5 Å². The lowest BCUT2D eigenvalue weighted by Crippen LogP contribution is -2.26. The molecular weight excluding hydrogens is 200 g/mol. The third kappa shape index (κ3) is 1.24. The Balaban J connectivity index is 2.58. The van der Waals surface area contributed by atoms with Gasteiger partial charge in [-0.15, -0.1) is 0 Å². The second-order valence-corrected chi connectivity index (χ2v) is 3.75. The average molecular weight is 211 g/mol. The molecule has 1 aromatic carbocycles. The van der Waals surface area contributed by atoms with E-state index in [4.69, 9.17) is 17.3 Å². The number of rotatable bonds is 1. The summed E-state index contributed by atoms with van der Waals surface area (Å²) in [6.45, 7) is 2.58. The quantitative estimate of drug-likeness (QED) is 0.719. The van der Waals surface area contributed by atoms with E-state index in [9.17, 15) is 4.79 Å². The van der Waals surface area contributed by atoms with Gasteiger partial charge in [-0.05, 0) is 24.6 Å². The van der Waals surface area contributed by atoms with Crippen LogP contribution >= 0.6 is 11.6 Å². The molecule has 1 heterocycles. The SMILES string of the molecule is CCN1C(=O)Cc2cc(Cl)cc(N)c21. The van der Waals surface area contributed by atoms with Crippen LogP contribution in [-0.2, 0) is 11.2 Å². The minimum Gasteiger partial charge on any atom is -0.397 e. The molecule has 4 heteroatoms. The van der Waals surface area contributed by atoms with E-state index in [1.165, 1.54) is 0 Å². The Bertz CT molecular complexity index is 403. The first kappa shape index (κ1) is 9.34. The maximum atomic E-state index is 11.6. The number of anilines is 2. The van der Waals surface area contributed by atoms with Crippen LogP contribution in [0.3, 0.4) is 0 Å². The summed E-state index contributed by atoms with van der Waals surface area (Å²) in [5.41, 5.74) is 8.17.